The number of amides is 1. The van der Waals surface area contributed by atoms with Crippen molar-refractivity contribution in [3.8, 4) is 0 Å². The smallest absolute Gasteiger partial charge is 0.234 e. The van der Waals surface area contributed by atoms with Crippen LogP contribution in [0, 0.1) is 5.82 Å². The summed E-state index contributed by atoms with van der Waals surface area (Å²) >= 11 is 0. The molecule has 3 atom stereocenters. The van der Waals surface area contributed by atoms with Crippen LogP contribution in [0.5, 0.6) is 0 Å². The molecule has 1 unspecified atom stereocenters. The summed E-state index contributed by atoms with van der Waals surface area (Å²) in [6.07, 6.45) is -1.59. The first kappa shape index (κ1) is 14.9. The number of carbonyl (C=O) groups excluding carboxylic acids is 1. The number of aliphatic hydroxyl groups excluding tert-OH is 2. The topological polar surface area (TPSA) is 72.8 Å². The van der Waals surface area contributed by atoms with Crippen molar-refractivity contribution in [2.45, 2.75) is 25.2 Å². The van der Waals surface area contributed by atoms with Gasteiger partial charge in [0.1, 0.15) is 5.82 Å². The maximum Gasteiger partial charge on any atom is 0.234 e. The van der Waals surface area contributed by atoms with Gasteiger partial charge in [-0.2, -0.15) is 0 Å². The number of benzene rings is 1. The Labute approximate surface area is 117 Å². The number of likely N-dealkylation sites (tertiary alicyclic amines) is 1. The summed E-state index contributed by atoms with van der Waals surface area (Å²) in [5, 5.41) is 21.6. The van der Waals surface area contributed by atoms with E-state index in [4.69, 9.17) is 0 Å². The minimum absolute atomic E-state index is 0.125. The van der Waals surface area contributed by atoms with Gasteiger partial charge in [0.25, 0.3) is 0 Å². The molecule has 1 aromatic rings. The average Bonchev–Trinajstić information content (AvgIpc) is 2.68. The van der Waals surface area contributed by atoms with Crippen LogP contribution in [0.15, 0.2) is 24.3 Å². The molecule has 0 bridgehead atoms. The molecule has 1 aliphatic heterocycles. The molecule has 3 N–H and O–H groups in total. The molecule has 1 saturated heterocycles. The normalized spacial score (nSPS) is 24.6. The molecule has 1 aromatic carbocycles. The fraction of sp³-hybridized carbons (Fsp3) is 0.500. The number of hydrogen-bond acceptors (Lipinski definition) is 4. The average molecular weight is 282 g/mol. The summed E-state index contributed by atoms with van der Waals surface area (Å²) in [5.74, 6) is -0.504. The summed E-state index contributed by atoms with van der Waals surface area (Å²) in [7, 11) is 0. The van der Waals surface area contributed by atoms with Gasteiger partial charge in [-0.15, -0.1) is 0 Å². The Bertz CT molecular complexity index is 456. The van der Waals surface area contributed by atoms with E-state index in [1.165, 1.54) is 12.1 Å². The minimum atomic E-state index is -0.794. The molecule has 1 heterocycles. The Morgan fingerprint density at radius 3 is 2.45 bits per heavy atom. The highest BCUT2D eigenvalue weighted by molar-refractivity contribution is 5.78. The molecule has 0 spiro atoms. The van der Waals surface area contributed by atoms with Crippen LogP contribution in [-0.2, 0) is 4.79 Å². The molecular formula is C14H19FN2O3. The summed E-state index contributed by atoms with van der Waals surface area (Å²) in [4.78, 5) is 13.6. The van der Waals surface area contributed by atoms with Gasteiger partial charge in [0.05, 0.1) is 24.8 Å². The highest BCUT2D eigenvalue weighted by Crippen LogP contribution is 2.13. The van der Waals surface area contributed by atoms with Crippen LogP contribution in [0.1, 0.15) is 18.5 Å². The molecule has 1 aliphatic rings. The van der Waals surface area contributed by atoms with Gasteiger partial charge in [-0.05, 0) is 24.6 Å². The number of rotatable bonds is 4. The van der Waals surface area contributed by atoms with Gasteiger partial charge in [0, 0.05) is 13.1 Å². The van der Waals surface area contributed by atoms with Crippen molar-refractivity contribution in [2.75, 3.05) is 19.6 Å². The van der Waals surface area contributed by atoms with Crippen LogP contribution in [0.2, 0.25) is 0 Å². The fourth-order valence-corrected chi connectivity index (χ4v) is 2.30. The maximum atomic E-state index is 12.8. The first-order valence-corrected chi connectivity index (χ1v) is 6.59. The number of nitrogens with one attached hydrogen (secondary N) is 1. The molecule has 1 amide bonds. The van der Waals surface area contributed by atoms with E-state index >= 15 is 0 Å². The van der Waals surface area contributed by atoms with Crippen molar-refractivity contribution in [3.05, 3.63) is 35.6 Å². The molecule has 2 rings (SSSR count). The van der Waals surface area contributed by atoms with Crippen molar-refractivity contribution in [1.29, 1.82) is 0 Å². The lowest BCUT2D eigenvalue weighted by Gasteiger charge is -2.18. The Morgan fingerprint density at radius 2 is 1.90 bits per heavy atom. The number of carbonyl (C=O) groups is 1. The molecular weight excluding hydrogens is 263 g/mol. The predicted molar refractivity (Wildman–Crippen MR) is 71.4 cm³/mol. The van der Waals surface area contributed by atoms with E-state index < -0.39 is 12.2 Å². The zero-order valence-electron chi connectivity index (χ0n) is 11.3. The van der Waals surface area contributed by atoms with Gasteiger partial charge >= 0.3 is 0 Å². The quantitative estimate of drug-likeness (QED) is 0.729. The molecule has 0 aliphatic carbocycles. The molecule has 0 saturated carbocycles. The zero-order valence-corrected chi connectivity index (χ0v) is 11.3. The lowest BCUT2D eigenvalue weighted by atomic mass is 10.1. The molecule has 0 radical (unpaired) electrons. The number of β-amino-alcohol motifs (C(OH)–C–C–N with tert-alkyl or cyclic N) is 2. The molecule has 1 fully saturated rings. The van der Waals surface area contributed by atoms with Gasteiger partial charge in [-0.3, -0.25) is 9.69 Å². The summed E-state index contributed by atoms with van der Waals surface area (Å²) in [6.45, 7) is 2.53. The molecule has 20 heavy (non-hydrogen) atoms. The van der Waals surface area contributed by atoms with Gasteiger partial charge in [0.15, 0.2) is 0 Å². The second-order valence-corrected chi connectivity index (χ2v) is 5.17. The Balaban J connectivity index is 1.84. The second kappa shape index (κ2) is 6.30. The third kappa shape index (κ3) is 3.75. The van der Waals surface area contributed by atoms with E-state index in [0.717, 1.165) is 5.56 Å². The first-order valence-electron chi connectivity index (χ1n) is 6.59. The highest BCUT2D eigenvalue weighted by atomic mass is 19.1. The monoisotopic (exact) mass is 282 g/mol. The van der Waals surface area contributed by atoms with Crippen molar-refractivity contribution in [2.24, 2.45) is 0 Å². The van der Waals surface area contributed by atoms with Crippen molar-refractivity contribution in [3.63, 3.8) is 0 Å². The van der Waals surface area contributed by atoms with E-state index in [0.29, 0.717) is 13.1 Å². The largest absolute Gasteiger partial charge is 0.389 e. The standard InChI is InChI=1S/C14H19FN2O3/c1-9(10-2-4-11(15)5-3-10)16-14(20)8-17-6-12(18)13(19)7-17/h2-5,9,12-13,18-19H,6-8H2,1H3,(H,16,20)/t9?,12-,13+. The summed E-state index contributed by atoms with van der Waals surface area (Å²) < 4.78 is 12.8. The van der Waals surface area contributed by atoms with Crippen LogP contribution in [-0.4, -0.2) is 52.9 Å². The fourth-order valence-electron chi connectivity index (χ4n) is 2.30. The van der Waals surface area contributed by atoms with Crippen molar-refractivity contribution in [1.82, 2.24) is 10.2 Å². The van der Waals surface area contributed by atoms with Gasteiger partial charge in [-0.1, -0.05) is 12.1 Å². The van der Waals surface area contributed by atoms with Crippen LogP contribution in [0.4, 0.5) is 4.39 Å². The van der Waals surface area contributed by atoms with Gasteiger partial charge in [-0.25, -0.2) is 4.39 Å². The molecule has 6 heteroatoms. The van der Waals surface area contributed by atoms with E-state index in [2.05, 4.69) is 5.32 Å². The third-order valence-electron chi connectivity index (χ3n) is 3.45. The first-order chi connectivity index (χ1) is 9.45. The van der Waals surface area contributed by atoms with E-state index in [1.807, 2.05) is 6.92 Å². The van der Waals surface area contributed by atoms with Crippen molar-refractivity contribution < 1.29 is 19.4 Å². The second-order valence-electron chi connectivity index (χ2n) is 5.17. The van der Waals surface area contributed by atoms with Crippen molar-refractivity contribution >= 4 is 5.91 Å². The van der Waals surface area contributed by atoms with Crippen LogP contribution in [0.3, 0.4) is 0 Å². The third-order valence-corrected chi connectivity index (χ3v) is 3.45. The summed E-state index contributed by atoms with van der Waals surface area (Å²) in [5.41, 5.74) is 0.821. The number of halogens is 1. The number of aliphatic hydroxyl groups is 2. The minimum Gasteiger partial charge on any atom is -0.389 e. The van der Waals surface area contributed by atoms with E-state index in [1.54, 1.807) is 17.0 Å². The lowest BCUT2D eigenvalue weighted by molar-refractivity contribution is -0.122. The van der Waals surface area contributed by atoms with Crippen LogP contribution >= 0.6 is 0 Å². The Hall–Kier alpha value is -1.50. The van der Waals surface area contributed by atoms with Crippen LogP contribution < -0.4 is 5.32 Å². The maximum absolute atomic E-state index is 12.8. The number of nitrogens with zero attached hydrogens (tertiary/aromatic N) is 1. The van der Waals surface area contributed by atoms with E-state index in [9.17, 15) is 19.4 Å². The molecule has 110 valence electrons. The predicted octanol–water partition coefficient (Wildman–Crippen LogP) is 0.0403. The van der Waals surface area contributed by atoms with Gasteiger partial charge in [0.2, 0.25) is 5.91 Å². The lowest BCUT2D eigenvalue weighted by Crippen LogP contribution is -2.37. The SMILES string of the molecule is CC(NC(=O)CN1C[C@@H](O)[C@@H](O)C1)c1ccc(F)cc1. The Kier molecular flexibility index (Phi) is 4.69. The van der Waals surface area contributed by atoms with Gasteiger partial charge < -0.3 is 15.5 Å². The summed E-state index contributed by atoms with van der Waals surface area (Å²) in [6, 6.07) is 5.74. The number of hydrogen-bond donors (Lipinski definition) is 3. The molecule has 5 nitrogen and oxygen atoms in total. The van der Waals surface area contributed by atoms with Crippen LogP contribution in [0.25, 0.3) is 0 Å². The Morgan fingerprint density at radius 1 is 1.35 bits per heavy atom. The highest BCUT2D eigenvalue weighted by Gasteiger charge is 2.30. The van der Waals surface area contributed by atoms with E-state index in [-0.39, 0.29) is 24.3 Å². The zero-order chi connectivity index (χ0) is 14.7. The molecule has 0 aromatic heterocycles.